The summed E-state index contributed by atoms with van der Waals surface area (Å²) < 4.78 is 26.8. The average molecular weight is 292 g/mol. The zero-order chi connectivity index (χ0) is 14.3. The van der Waals surface area contributed by atoms with Gasteiger partial charge in [-0.05, 0) is 24.3 Å². The van der Waals surface area contributed by atoms with E-state index in [1.165, 1.54) is 24.3 Å². The van der Waals surface area contributed by atoms with Crippen molar-refractivity contribution in [2.75, 3.05) is 0 Å². The standard InChI is InChI=1S/C15H8ClF2NO/c16-12-6-8(17)4-5-10(12)14-11(7-20)9-2-1-3-13(18)15(9)19-14/h1-7,19H. The van der Waals surface area contributed by atoms with Gasteiger partial charge in [0, 0.05) is 16.5 Å². The lowest BCUT2D eigenvalue weighted by Gasteiger charge is -2.03. The third-order valence-electron chi connectivity index (χ3n) is 3.14. The van der Waals surface area contributed by atoms with Crippen molar-refractivity contribution < 1.29 is 13.6 Å². The molecule has 0 amide bonds. The molecule has 1 heterocycles. The Bertz CT molecular complexity index is 826. The van der Waals surface area contributed by atoms with Crippen LogP contribution in [0.3, 0.4) is 0 Å². The van der Waals surface area contributed by atoms with Crippen molar-refractivity contribution in [1.29, 1.82) is 0 Å². The highest BCUT2D eigenvalue weighted by Gasteiger charge is 2.17. The van der Waals surface area contributed by atoms with Crippen LogP contribution in [0.4, 0.5) is 8.78 Å². The van der Waals surface area contributed by atoms with Gasteiger partial charge in [0.15, 0.2) is 6.29 Å². The highest BCUT2D eigenvalue weighted by atomic mass is 35.5. The number of aldehydes is 1. The van der Waals surface area contributed by atoms with Gasteiger partial charge in [-0.3, -0.25) is 4.79 Å². The number of carbonyl (C=O) groups excluding carboxylic acids is 1. The molecule has 0 radical (unpaired) electrons. The van der Waals surface area contributed by atoms with Crippen LogP contribution in [0.1, 0.15) is 10.4 Å². The van der Waals surface area contributed by atoms with Crippen LogP contribution < -0.4 is 0 Å². The summed E-state index contributed by atoms with van der Waals surface area (Å²) in [5, 5.41) is 0.621. The predicted octanol–water partition coefficient (Wildman–Crippen LogP) is 4.58. The summed E-state index contributed by atoms with van der Waals surface area (Å²) >= 11 is 5.99. The monoisotopic (exact) mass is 291 g/mol. The Labute approximate surface area is 118 Å². The molecule has 0 saturated carbocycles. The van der Waals surface area contributed by atoms with Gasteiger partial charge in [-0.15, -0.1) is 0 Å². The molecule has 1 aromatic heterocycles. The van der Waals surface area contributed by atoms with Crippen LogP contribution in [0.25, 0.3) is 22.2 Å². The van der Waals surface area contributed by atoms with Crippen LogP contribution in [0.5, 0.6) is 0 Å². The van der Waals surface area contributed by atoms with Crippen molar-refractivity contribution in [2.45, 2.75) is 0 Å². The Morgan fingerprint density at radius 2 is 1.95 bits per heavy atom. The average Bonchev–Trinajstić information content (AvgIpc) is 2.78. The minimum atomic E-state index is -0.478. The van der Waals surface area contributed by atoms with Gasteiger partial charge in [0.1, 0.15) is 11.6 Å². The number of aromatic nitrogens is 1. The molecular formula is C15H8ClF2NO. The molecule has 100 valence electrons. The molecule has 0 atom stereocenters. The van der Waals surface area contributed by atoms with Crippen molar-refractivity contribution in [2.24, 2.45) is 0 Å². The lowest BCUT2D eigenvalue weighted by molar-refractivity contribution is 0.112. The maximum absolute atomic E-state index is 13.8. The van der Waals surface area contributed by atoms with Gasteiger partial charge in [0.2, 0.25) is 0 Å². The molecule has 0 aliphatic carbocycles. The zero-order valence-corrected chi connectivity index (χ0v) is 10.8. The Morgan fingerprint density at radius 1 is 1.15 bits per heavy atom. The lowest BCUT2D eigenvalue weighted by atomic mass is 10.1. The third-order valence-corrected chi connectivity index (χ3v) is 3.45. The van der Waals surface area contributed by atoms with Gasteiger partial charge < -0.3 is 4.98 Å². The number of rotatable bonds is 2. The summed E-state index contributed by atoms with van der Waals surface area (Å²) in [6.45, 7) is 0. The molecule has 0 bridgehead atoms. The smallest absolute Gasteiger partial charge is 0.152 e. The Kier molecular flexibility index (Phi) is 3.03. The van der Waals surface area contributed by atoms with Gasteiger partial charge in [-0.1, -0.05) is 23.7 Å². The number of benzene rings is 2. The second-order valence-electron chi connectivity index (χ2n) is 4.32. The van der Waals surface area contributed by atoms with Crippen molar-refractivity contribution in [3.63, 3.8) is 0 Å². The second kappa shape index (κ2) is 4.72. The van der Waals surface area contributed by atoms with Crippen LogP contribution in [0, 0.1) is 11.6 Å². The van der Waals surface area contributed by atoms with Crippen LogP contribution in [-0.2, 0) is 0 Å². The molecule has 0 saturated heterocycles. The molecule has 0 fully saturated rings. The fraction of sp³-hybridized carbons (Fsp3) is 0. The van der Waals surface area contributed by atoms with E-state index in [1.54, 1.807) is 6.07 Å². The van der Waals surface area contributed by atoms with Crippen molar-refractivity contribution in [3.05, 3.63) is 58.6 Å². The molecule has 1 N–H and O–H groups in total. The largest absolute Gasteiger partial charge is 0.351 e. The number of hydrogen-bond donors (Lipinski definition) is 1. The zero-order valence-electron chi connectivity index (χ0n) is 10.1. The summed E-state index contributed by atoms with van der Waals surface area (Å²) in [5.74, 6) is -0.941. The summed E-state index contributed by atoms with van der Waals surface area (Å²) in [4.78, 5) is 14.2. The van der Waals surface area contributed by atoms with E-state index in [0.29, 0.717) is 28.5 Å². The first-order valence-electron chi connectivity index (χ1n) is 5.82. The Balaban J connectivity index is 2.36. The molecule has 20 heavy (non-hydrogen) atoms. The molecule has 3 rings (SSSR count). The van der Waals surface area contributed by atoms with E-state index in [2.05, 4.69) is 4.98 Å². The van der Waals surface area contributed by atoms with Crippen LogP contribution in [0.15, 0.2) is 36.4 Å². The minimum Gasteiger partial charge on any atom is -0.351 e. The summed E-state index contributed by atoms with van der Waals surface area (Å²) in [6.07, 6.45) is 0.632. The van der Waals surface area contributed by atoms with Gasteiger partial charge in [0.05, 0.1) is 16.2 Å². The molecule has 3 aromatic rings. The van der Waals surface area contributed by atoms with E-state index >= 15 is 0 Å². The maximum Gasteiger partial charge on any atom is 0.152 e. The number of fused-ring (bicyclic) bond motifs is 1. The first-order valence-corrected chi connectivity index (χ1v) is 6.20. The number of para-hydroxylation sites is 1. The lowest BCUT2D eigenvalue weighted by Crippen LogP contribution is -1.87. The molecule has 5 heteroatoms. The quantitative estimate of drug-likeness (QED) is 0.689. The van der Waals surface area contributed by atoms with E-state index in [1.807, 2.05) is 0 Å². The summed E-state index contributed by atoms with van der Waals surface area (Å²) in [6, 6.07) is 8.29. The van der Waals surface area contributed by atoms with Gasteiger partial charge in [0.25, 0.3) is 0 Å². The number of nitrogens with one attached hydrogen (secondary N) is 1. The Hall–Kier alpha value is -2.20. The normalized spacial score (nSPS) is 10.9. The van der Waals surface area contributed by atoms with E-state index in [9.17, 15) is 13.6 Å². The second-order valence-corrected chi connectivity index (χ2v) is 4.73. The fourth-order valence-corrected chi connectivity index (χ4v) is 2.49. The number of carbonyl (C=O) groups is 1. The topological polar surface area (TPSA) is 32.9 Å². The number of halogens is 3. The molecule has 0 aliphatic heterocycles. The summed E-state index contributed by atoms with van der Waals surface area (Å²) in [5.41, 5.74) is 1.36. The fourth-order valence-electron chi connectivity index (χ4n) is 2.23. The third kappa shape index (κ3) is 1.89. The SMILES string of the molecule is O=Cc1c(-c2ccc(F)cc2Cl)[nH]c2c(F)cccc12. The minimum absolute atomic E-state index is 0.153. The first kappa shape index (κ1) is 12.8. The molecule has 2 aromatic carbocycles. The molecule has 0 unspecified atom stereocenters. The van der Waals surface area contributed by atoms with Gasteiger partial charge >= 0.3 is 0 Å². The van der Waals surface area contributed by atoms with E-state index in [-0.39, 0.29) is 10.5 Å². The van der Waals surface area contributed by atoms with Crippen molar-refractivity contribution >= 4 is 28.8 Å². The molecule has 0 spiro atoms. The number of H-pyrrole nitrogens is 1. The number of aromatic amines is 1. The molecular weight excluding hydrogens is 284 g/mol. The van der Waals surface area contributed by atoms with Gasteiger partial charge in [-0.25, -0.2) is 8.78 Å². The first-order chi connectivity index (χ1) is 9.61. The Morgan fingerprint density at radius 3 is 2.65 bits per heavy atom. The van der Waals surface area contributed by atoms with E-state index < -0.39 is 11.6 Å². The summed E-state index contributed by atoms with van der Waals surface area (Å²) in [7, 11) is 0. The van der Waals surface area contributed by atoms with Crippen LogP contribution >= 0.6 is 11.6 Å². The van der Waals surface area contributed by atoms with Crippen molar-refractivity contribution in [1.82, 2.24) is 4.98 Å². The highest BCUT2D eigenvalue weighted by Crippen LogP contribution is 2.34. The molecule has 0 aliphatic rings. The van der Waals surface area contributed by atoms with Crippen LogP contribution in [-0.4, -0.2) is 11.3 Å². The predicted molar refractivity (Wildman–Crippen MR) is 74.0 cm³/mol. The number of hydrogen-bond acceptors (Lipinski definition) is 1. The van der Waals surface area contributed by atoms with Crippen LogP contribution in [0.2, 0.25) is 5.02 Å². The van der Waals surface area contributed by atoms with Crippen molar-refractivity contribution in [3.8, 4) is 11.3 Å². The van der Waals surface area contributed by atoms with E-state index in [4.69, 9.17) is 11.6 Å². The molecule has 2 nitrogen and oxygen atoms in total. The maximum atomic E-state index is 13.8. The highest BCUT2D eigenvalue weighted by molar-refractivity contribution is 6.33. The van der Waals surface area contributed by atoms with Gasteiger partial charge in [-0.2, -0.15) is 0 Å². The van der Waals surface area contributed by atoms with E-state index in [0.717, 1.165) is 6.07 Å².